The van der Waals surface area contributed by atoms with Crippen molar-refractivity contribution in [1.82, 2.24) is 9.55 Å². The zero-order chi connectivity index (χ0) is 18.6. The Morgan fingerprint density at radius 1 is 1.40 bits per heavy atom. The summed E-state index contributed by atoms with van der Waals surface area (Å²) in [5.41, 5.74) is 0.458. The predicted molar refractivity (Wildman–Crippen MR) is 98.2 cm³/mol. The minimum absolute atomic E-state index is 0.122. The average molecular weight is 410 g/mol. The van der Waals surface area contributed by atoms with Crippen LogP contribution >= 0.6 is 15.9 Å². The molecule has 0 fully saturated rings. The van der Waals surface area contributed by atoms with Gasteiger partial charge in [-0.2, -0.15) is 0 Å². The molecular formula is C17H20BrN3O4. The third-order valence-corrected chi connectivity index (χ3v) is 4.04. The molecule has 134 valence electrons. The number of hydrogen-bond acceptors (Lipinski definition) is 6. The minimum atomic E-state index is -0.686. The number of halogens is 1. The van der Waals surface area contributed by atoms with Gasteiger partial charge < -0.3 is 14.4 Å². The highest BCUT2D eigenvalue weighted by atomic mass is 79.9. The van der Waals surface area contributed by atoms with Crippen LogP contribution in [0, 0.1) is 0 Å². The number of methoxy groups -OCH3 is 1. The second-order valence-electron chi connectivity index (χ2n) is 5.36. The van der Waals surface area contributed by atoms with Crippen molar-refractivity contribution in [3.63, 3.8) is 0 Å². The highest BCUT2D eigenvalue weighted by molar-refractivity contribution is 9.10. The summed E-state index contributed by atoms with van der Waals surface area (Å²) in [6.07, 6.45) is 0. The maximum Gasteiger partial charge on any atom is 0.361 e. The fourth-order valence-electron chi connectivity index (χ4n) is 2.41. The molecule has 0 atom stereocenters. The molecule has 0 saturated carbocycles. The first-order valence-electron chi connectivity index (χ1n) is 7.66. The molecule has 0 N–H and O–H groups in total. The number of rotatable bonds is 6. The Morgan fingerprint density at radius 3 is 2.72 bits per heavy atom. The van der Waals surface area contributed by atoms with Gasteiger partial charge in [0, 0.05) is 25.1 Å². The van der Waals surface area contributed by atoms with Crippen LogP contribution in [-0.2, 0) is 18.3 Å². The van der Waals surface area contributed by atoms with Gasteiger partial charge >= 0.3 is 5.97 Å². The standard InChI is InChI=1S/C17H20BrN3O4/c1-5-25-16(23)13-14(24-4)15(22)21(3)17(19-13)20(2)10-11-7-6-8-12(18)9-11/h6-9H,5,10H2,1-4H3. The van der Waals surface area contributed by atoms with E-state index in [4.69, 9.17) is 9.47 Å². The van der Waals surface area contributed by atoms with Crippen LogP contribution in [0.3, 0.4) is 0 Å². The van der Waals surface area contributed by atoms with Crippen LogP contribution in [0.1, 0.15) is 23.0 Å². The summed E-state index contributed by atoms with van der Waals surface area (Å²) in [4.78, 5) is 30.7. The van der Waals surface area contributed by atoms with Crippen LogP contribution in [0.15, 0.2) is 33.5 Å². The lowest BCUT2D eigenvalue weighted by Crippen LogP contribution is -2.31. The lowest BCUT2D eigenvalue weighted by atomic mass is 10.2. The van der Waals surface area contributed by atoms with Crippen molar-refractivity contribution in [2.75, 3.05) is 25.7 Å². The highest BCUT2D eigenvalue weighted by Gasteiger charge is 2.23. The van der Waals surface area contributed by atoms with E-state index in [1.807, 2.05) is 24.3 Å². The zero-order valence-electron chi connectivity index (χ0n) is 14.6. The van der Waals surface area contributed by atoms with E-state index in [9.17, 15) is 9.59 Å². The lowest BCUT2D eigenvalue weighted by molar-refractivity contribution is 0.0514. The maximum absolute atomic E-state index is 12.5. The van der Waals surface area contributed by atoms with E-state index >= 15 is 0 Å². The van der Waals surface area contributed by atoms with Crippen LogP contribution in [-0.4, -0.2) is 36.3 Å². The fourth-order valence-corrected chi connectivity index (χ4v) is 2.86. The highest BCUT2D eigenvalue weighted by Crippen LogP contribution is 2.19. The molecule has 1 aromatic heterocycles. The van der Waals surface area contributed by atoms with E-state index in [0.717, 1.165) is 10.0 Å². The van der Waals surface area contributed by atoms with Gasteiger partial charge in [-0.05, 0) is 24.6 Å². The van der Waals surface area contributed by atoms with Crippen LogP contribution in [0.2, 0.25) is 0 Å². The van der Waals surface area contributed by atoms with Gasteiger partial charge in [-0.15, -0.1) is 0 Å². The molecule has 0 unspecified atom stereocenters. The van der Waals surface area contributed by atoms with Gasteiger partial charge in [-0.25, -0.2) is 9.78 Å². The van der Waals surface area contributed by atoms with Gasteiger partial charge in [0.1, 0.15) is 0 Å². The van der Waals surface area contributed by atoms with Gasteiger partial charge in [0.15, 0.2) is 5.69 Å². The van der Waals surface area contributed by atoms with Gasteiger partial charge in [-0.3, -0.25) is 9.36 Å². The topological polar surface area (TPSA) is 73.7 Å². The second-order valence-corrected chi connectivity index (χ2v) is 6.28. The van der Waals surface area contributed by atoms with Crippen LogP contribution in [0.25, 0.3) is 0 Å². The molecule has 0 aliphatic carbocycles. The quantitative estimate of drug-likeness (QED) is 0.681. The molecular weight excluding hydrogens is 390 g/mol. The van der Waals surface area contributed by atoms with Crippen molar-refractivity contribution in [3.8, 4) is 5.75 Å². The smallest absolute Gasteiger partial charge is 0.361 e. The van der Waals surface area contributed by atoms with E-state index in [2.05, 4.69) is 20.9 Å². The van der Waals surface area contributed by atoms with E-state index < -0.39 is 11.5 Å². The van der Waals surface area contributed by atoms with Crippen molar-refractivity contribution in [2.45, 2.75) is 13.5 Å². The van der Waals surface area contributed by atoms with Crippen molar-refractivity contribution in [3.05, 3.63) is 50.3 Å². The van der Waals surface area contributed by atoms with Crippen molar-refractivity contribution < 1.29 is 14.3 Å². The summed E-state index contributed by atoms with van der Waals surface area (Å²) in [6, 6.07) is 7.81. The number of benzene rings is 1. The number of nitrogens with zero attached hydrogens (tertiary/aromatic N) is 3. The number of carbonyl (C=O) groups excluding carboxylic acids is 1. The van der Waals surface area contributed by atoms with Crippen LogP contribution in [0.4, 0.5) is 5.95 Å². The molecule has 25 heavy (non-hydrogen) atoms. The largest absolute Gasteiger partial charge is 0.489 e. The van der Waals surface area contributed by atoms with E-state index in [-0.39, 0.29) is 18.1 Å². The van der Waals surface area contributed by atoms with Crippen molar-refractivity contribution in [2.24, 2.45) is 7.05 Å². The molecule has 0 saturated heterocycles. The molecule has 2 rings (SSSR count). The third-order valence-electron chi connectivity index (χ3n) is 3.55. The summed E-state index contributed by atoms with van der Waals surface area (Å²) < 4.78 is 12.4. The molecule has 0 aliphatic heterocycles. The van der Waals surface area contributed by atoms with Gasteiger partial charge in [0.25, 0.3) is 5.56 Å². The van der Waals surface area contributed by atoms with Gasteiger partial charge in [0.2, 0.25) is 11.7 Å². The zero-order valence-corrected chi connectivity index (χ0v) is 16.2. The first-order valence-corrected chi connectivity index (χ1v) is 8.46. The SMILES string of the molecule is CCOC(=O)c1nc(N(C)Cc2cccc(Br)c2)n(C)c(=O)c1OC. The first-order chi connectivity index (χ1) is 11.9. The number of ether oxygens (including phenoxy) is 2. The second kappa shape index (κ2) is 8.15. The summed E-state index contributed by atoms with van der Waals surface area (Å²) >= 11 is 3.43. The number of esters is 1. The Balaban J connectivity index is 2.46. The minimum Gasteiger partial charge on any atom is -0.489 e. The Hall–Kier alpha value is -2.35. The van der Waals surface area contributed by atoms with Crippen molar-refractivity contribution >= 4 is 27.8 Å². The molecule has 0 aliphatic rings. The summed E-state index contributed by atoms with van der Waals surface area (Å²) in [6.45, 7) is 2.38. The first kappa shape index (κ1) is 19.0. The summed E-state index contributed by atoms with van der Waals surface area (Å²) in [5.74, 6) is -0.469. The van der Waals surface area contributed by atoms with E-state index in [1.165, 1.54) is 11.7 Å². The van der Waals surface area contributed by atoms with Crippen LogP contribution < -0.4 is 15.2 Å². The number of hydrogen-bond donors (Lipinski definition) is 0. The third kappa shape index (κ3) is 4.19. The normalized spacial score (nSPS) is 10.4. The Kier molecular flexibility index (Phi) is 6.19. The molecule has 2 aromatic rings. The average Bonchev–Trinajstić information content (AvgIpc) is 2.57. The predicted octanol–water partition coefficient (Wildman–Crippen LogP) is 2.36. The molecule has 0 amide bonds. The number of anilines is 1. The Labute approximate surface area is 154 Å². The molecule has 1 aromatic carbocycles. The summed E-state index contributed by atoms with van der Waals surface area (Å²) in [7, 11) is 4.70. The molecule has 0 spiro atoms. The Morgan fingerprint density at radius 2 is 2.12 bits per heavy atom. The van der Waals surface area contributed by atoms with Crippen molar-refractivity contribution in [1.29, 1.82) is 0 Å². The number of carbonyl (C=O) groups is 1. The monoisotopic (exact) mass is 409 g/mol. The summed E-state index contributed by atoms with van der Waals surface area (Å²) in [5, 5.41) is 0. The fraction of sp³-hybridized carbons (Fsp3) is 0.353. The van der Waals surface area contributed by atoms with Gasteiger partial charge in [0.05, 0.1) is 13.7 Å². The molecule has 0 radical (unpaired) electrons. The molecule has 8 heteroatoms. The van der Waals surface area contributed by atoms with Gasteiger partial charge in [-0.1, -0.05) is 28.1 Å². The maximum atomic E-state index is 12.5. The Bertz CT molecular complexity index is 835. The van der Waals surface area contributed by atoms with Crippen LogP contribution in [0.5, 0.6) is 5.75 Å². The molecule has 1 heterocycles. The molecule has 0 bridgehead atoms. The van der Waals surface area contributed by atoms with E-state index in [1.54, 1.807) is 25.9 Å². The van der Waals surface area contributed by atoms with E-state index in [0.29, 0.717) is 12.5 Å². The number of aromatic nitrogens is 2. The lowest BCUT2D eigenvalue weighted by Gasteiger charge is -2.22. The molecule has 7 nitrogen and oxygen atoms in total.